The first-order valence-corrected chi connectivity index (χ1v) is 5.89. The normalized spacial score (nSPS) is 14.4. The summed E-state index contributed by atoms with van der Waals surface area (Å²) in [4.78, 5) is 11.0. The molecule has 0 aliphatic heterocycles. The molecule has 2 unspecified atom stereocenters. The molecule has 0 radical (unpaired) electrons. The zero-order chi connectivity index (χ0) is 11.8. The van der Waals surface area contributed by atoms with Crippen molar-refractivity contribution < 1.29 is 4.79 Å². The SMILES string of the molecule is C=C(C)C(C)CCC(CCC)NC(C)=O. The number of allylic oxidation sites excluding steroid dienone is 1. The van der Waals surface area contributed by atoms with Crippen LogP contribution in [0.5, 0.6) is 0 Å². The Bertz CT molecular complexity index is 211. The lowest BCUT2D eigenvalue weighted by molar-refractivity contribution is -0.119. The largest absolute Gasteiger partial charge is 0.354 e. The van der Waals surface area contributed by atoms with Gasteiger partial charge in [0.15, 0.2) is 0 Å². The van der Waals surface area contributed by atoms with Gasteiger partial charge >= 0.3 is 0 Å². The fourth-order valence-electron chi connectivity index (χ4n) is 1.62. The van der Waals surface area contributed by atoms with E-state index in [9.17, 15) is 4.79 Å². The zero-order valence-corrected chi connectivity index (χ0v) is 10.6. The fourth-order valence-corrected chi connectivity index (χ4v) is 1.62. The molecule has 0 saturated carbocycles. The van der Waals surface area contributed by atoms with Gasteiger partial charge in [0.2, 0.25) is 5.91 Å². The number of rotatable bonds is 7. The Hall–Kier alpha value is -0.790. The van der Waals surface area contributed by atoms with Gasteiger partial charge in [-0.2, -0.15) is 0 Å². The van der Waals surface area contributed by atoms with E-state index in [1.54, 1.807) is 6.92 Å². The van der Waals surface area contributed by atoms with Crippen molar-refractivity contribution in [1.82, 2.24) is 5.32 Å². The highest BCUT2D eigenvalue weighted by atomic mass is 16.1. The molecule has 88 valence electrons. The van der Waals surface area contributed by atoms with Crippen LogP contribution in [0.25, 0.3) is 0 Å². The van der Waals surface area contributed by atoms with Crippen molar-refractivity contribution in [3.8, 4) is 0 Å². The van der Waals surface area contributed by atoms with Crippen molar-refractivity contribution in [2.75, 3.05) is 0 Å². The maximum atomic E-state index is 11.0. The molecule has 0 heterocycles. The molecule has 0 bridgehead atoms. The lowest BCUT2D eigenvalue weighted by Gasteiger charge is -2.19. The quantitative estimate of drug-likeness (QED) is 0.643. The van der Waals surface area contributed by atoms with Crippen LogP contribution in [-0.2, 0) is 4.79 Å². The van der Waals surface area contributed by atoms with Gasteiger partial charge in [-0.1, -0.05) is 32.4 Å². The summed E-state index contributed by atoms with van der Waals surface area (Å²) < 4.78 is 0. The molecule has 1 N–H and O–H groups in total. The molecule has 0 fully saturated rings. The van der Waals surface area contributed by atoms with Crippen LogP contribution < -0.4 is 5.32 Å². The van der Waals surface area contributed by atoms with E-state index in [0.717, 1.165) is 25.7 Å². The van der Waals surface area contributed by atoms with Crippen LogP contribution in [0.4, 0.5) is 0 Å². The highest BCUT2D eigenvalue weighted by Crippen LogP contribution is 2.16. The number of carbonyl (C=O) groups excluding carboxylic acids is 1. The summed E-state index contributed by atoms with van der Waals surface area (Å²) in [7, 11) is 0. The third-order valence-corrected chi connectivity index (χ3v) is 2.83. The van der Waals surface area contributed by atoms with Gasteiger partial charge in [-0.25, -0.2) is 0 Å². The zero-order valence-electron chi connectivity index (χ0n) is 10.6. The number of carbonyl (C=O) groups is 1. The molecule has 2 atom stereocenters. The van der Waals surface area contributed by atoms with Crippen LogP contribution in [0, 0.1) is 5.92 Å². The van der Waals surface area contributed by atoms with E-state index in [0.29, 0.717) is 12.0 Å². The van der Waals surface area contributed by atoms with Crippen LogP contribution >= 0.6 is 0 Å². The van der Waals surface area contributed by atoms with Crippen molar-refractivity contribution in [3.63, 3.8) is 0 Å². The summed E-state index contributed by atoms with van der Waals surface area (Å²) in [5.74, 6) is 0.634. The summed E-state index contributed by atoms with van der Waals surface area (Å²) in [6, 6.07) is 0.342. The lowest BCUT2D eigenvalue weighted by Crippen LogP contribution is -2.33. The number of amides is 1. The number of hydrogen-bond acceptors (Lipinski definition) is 1. The van der Waals surface area contributed by atoms with Crippen molar-refractivity contribution in [2.45, 2.75) is 59.4 Å². The van der Waals surface area contributed by atoms with Crippen LogP contribution in [-0.4, -0.2) is 11.9 Å². The molecular weight excluding hydrogens is 186 g/mol. The average Bonchev–Trinajstić information content (AvgIpc) is 2.13. The predicted octanol–water partition coefficient (Wildman–Crippen LogP) is 3.28. The topological polar surface area (TPSA) is 29.1 Å². The molecule has 1 amide bonds. The molecule has 2 nitrogen and oxygen atoms in total. The number of nitrogens with one attached hydrogen (secondary N) is 1. The Kier molecular flexibility index (Phi) is 7.10. The Labute approximate surface area is 94.1 Å². The van der Waals surface area contributed by atoms with Crippen LogP contribution in [0.3, 0.4) is 0 Å². The van der Waals surface area contributed by atoms with Crippen molar-refractivity contribution in [2.24, 2.45) is 5.92 Å². The highest BCUT2D eigenvalue weighted by Gasteiger charge is 2.11. The van der Waals surface area contributed by atoms with E-state index in [4.69, 9.17) is 0 Å². The average molecular weight is 211 g/mol. The van der Waals surface area contributed by atoms with Crippen molar-refractivity contribution in [1.29, 1.82) is 0 Å². The summed E-state index contributed by atoms with van der Waals surface area (Å²) >= 11 is 0. The maximum Gasteiger partial charge on any atom is 0.217 e. The van der Waals surface area contributed by atoms with Gasteiger partial charge in [0, 0.05) is 13.0 Å². The van der Waals surface area contributed by atoms with Gasteiger partial charge in [-0.15, -0.1) is 0 Å². The molecular formula is C13H25NO. The standard InChI is InChI=1S/C13H25NO/c1-6-7-13(14-12(5)15)9-8-11(4)10(2)3/h11,13H,2,6-9H2,1,3-5H3,(H,14,15). The van der Waals surface area contributed by atoms with Crippen molar-refractivity contribution >= 4 is 5.91 Å². The first-order chi connectivity index (χ1) is 6.97. The molecule has 0 rings (SSSR count). The molecule has 15 heavy (non-hydrogen) atoms. The maximum absolute atomic E-state index is 11.0. The van der Waals surface area contributed by atoms with E-state index < -0.39 is 0 Å². The second-order valence-corrected chi connectivity index (χ2v) is 4.51. The summed E-state index contributed by atoms with van der Waals surface area (Å²) in [5.41, 5.74) is 1.23. The fraction of sp³-hybridized carbons (Fsp3) is 0.769. The minimum Gasteiger partial charge on any atom is -0.354 e. The minimum absolute atomic E-state index is 0.0800. The lowest BCUT2D eigenvalue weighted by atomic mass is 9.94. The minimum atomic E-state index is 0.0800. The Morgan fingerprint density at radius 1 is 1.27 bits per heavy atom. The van der Waals surface area contributed by atoms with Gasteiger partial charge in [0.1, 0.15) is 0 Å². The first kappa shape index (κ1) is 14.2. The van der Waals surface area contributed by atoms with E-state index in [2.05, 4.69) is 32.7 Å². The Balaban J connectivity index is 3.94. The smallest absolute Gasteiger partial charge is 0.217 e. The van der Waals surface area contributed by atoms with Gasteiger partial charge in [-0.05, 0) is 32.1 Å². The number of hydrogen-bond donors (Lipinski definition) is 1. The van der Waals surface area contributed by atoms with Gasteiger partial charge in [-0.3, -0.25) is 4.79 Å². The monoisotopic (exact) mass is 211 g/mol. The molecule has 0 spiro atoms. The molecule has 0 aliphatic rings. The van der Waals surface area contributed by atoms with Crippen molar-refractivity contribution in [3.05, 3.63) is 12.2 Å². The van der Waals surface area contributed by atoms with E-state index in [1.807, 2.05) is 0 Å². The summed E-state index contributed by atoms with van der Waals surface area (Å²) in [6.07, 6.45) is 4.36. The second kappa shape index (κ2) is 7.49. The Morgan fingerprint density at radius 3 is 2.27 bits per heavy atom. The molecule has 2 heteroatoms. The molecule has 0 saturated heterocycles. The third-order valence-electron chi connectivity index (χ3n) is 2.83. The van der Waals surface area contributed by atoms with E-state index in [1.165, 1.54) is 5.57 Å². The molecule has 0 aliphatic carbocycles. The van der Waals surface area contributed by atoms with E-state index >= 15 is 0 Å². The summed E-state index contributed by atoms with van der Waals surface area (Å²) in [6.45, 7) is 12.0. The highest BCUT2D eigenvalue weighted by molar-refractivity contribution is 5.73. The predicted molar refractivity (Wildman–Crippen MR) is 65.7 cm³/mol. The molecule has 0 aromatic carbocycles. The van der Waals surface area contributed by atoms with Gasteiger partial charge < -0.3 is 5.32 Å². The van der Waals surface area contributed by atoms with Crippen LogP contribution in [0.1, 0.15) is 53.4 Å². The van der Waals surface area contributed by atoms with Crippen LogP contribution in [0.2, 0.25) is 0 Å². The third kappa shape index (κ3) is 7.18. The van der Waals surface area contributed by atoms with E-state index in [-0.39, 0.29) is 5.91 Å². The first-order valence-electron chi connectivity index (χ1n) is 5.89. The molecule has 0 aromatic rings. The van der Waals surface area contributed by atoms with Crippen LogP contribution in [0.15, 0.2) is 12.2 Å². The van der Waals surface area contributed by atoms with Gasteiger partial charge in [0.05, 0.1) is 0 Å². The second-order valence-electron chi connectivity index (χ2n) is 4.51. The molecule has 0 aromatic heterocycles. The van der Waals surface area contributed by atoms with Gasteiger partial charge in [0.25, 0.3) is 0 Å². The summed E-state index contributed by atoms with van der Waals surface area (Å²) in [5, 5.41) is 3.01. The Morgan fingerprint density at radius 2 is 1.87 bits per heavy atom.